The van der Waals surface area contributed by atoms with Crippen LogP contribution in [0.15, 0.2) is 42.5 Å². The van der Waals surface area contributed by atoms with Gasteiger partial charge in [0.2, 0.25) is 0 Å². The molecule has 2 amide bonds. The van der Waals surface area contributed by atoms with Crippen LogP contribution < -0.4 is 16.0 Å². The molecule has 0 aromatic heterocycles. The van der Waals surface area contributed by atoms with E-state index in [9.17, 15) is 18.0 Å². The highest BCUT2D eigenvalue weighted by molar-refractivity contribution is 6.33. The van der Waals surface area contributed by atoms with E-state index in [0.29, 0.717) is 17.8 Å². The highest BCUT2D eigenvalue weighted by Crippen LogP contribution is 2.38. The molecule has 1 aliphatic rings. The van der Waals surface area contributed by atoms with Gasteiger partial charge in [-0.15, -0.1) is 13.2 Å². The van der Waals surface area contributed by atoms with Crippen LogP contribution in [0.4, 0.5) is 23.7 Å². The van der Waals surface area contributed by atoms with Crippen LogP contribution in [0.2, 0.25) is 5.02 Å². The molecule has 162 valence electrons. The molecule has 30 heavy (non-hydrogen) atoms. The number of alkyl halides is 3. The van der Waals surface area contributed by atoms with E-state index in [2.05, 4.69) is 10.2 Å². The highest BCUT2D eigenvalue weighted by atomic mass is 35.5. The standard InChI is InChI=1S/C20H21ClF3N3O3/c21-17-11-13(26-29-12-14-5-3-4-10-27(14)19(25)28)8-9-15(17)16-6-1-2-7-18(16)30-20(22,23)24/h1-2,6-9,11,14,26H,3-5,10,12H2,(H2,25,28)/t14-/m1/s1. The Kier molecular flexibility index (Phi) is 6.94. The second kappa shape index (κ2) is 9.44. The van der Waals surface area contributed by atoms with Crippen LogP contribution in [0.1, 0.15) is 19.3 Å². The van der Waals surface area contributed by atoms with Crippen molar-refractivity contribution >= 4 is 23.3 Å². The normalized spacial score (nSPS) is 16.9. The Balaban J connectivity index is 1.67. The Labute approximate surface area is 176 Å². The van der Waals surface area contributed by atoms with Gasteiger partial charge >= 0.3 is 12.4 Å². The minimum atomic E-state index is -4.81. The summed E-state index contributed by atoms with van der Waals surface area (Å²) in [5.41, 5.74) is 9.26. The van der Waals surface area contributed by atoms with Crippen molar-refractivity contribution in [1.29, 1.82) is 0 Å². The highest BCUT2D eigenvalue weighted by Gasteiger charge is 2.32. The molecular weight excluding hydrogens is 423 g/mol. The maximum atomic E-state index is 12.7. The zero-order valence-corrected chi connectivity index (χ0v) is 16.7. The largest absolute Gasteiger partial charge is 0.573 e. The number of carbonyl (C=O) groups is 1. The summed E-state index contributed by atoms with van der Waals surface area (Å²) < 4.78 is 42.1. The number of benzene rings is 2. The summed E-state index contributed by atoms with van der Waals surface area (Å²) in [6, 6.07) is 9.90. The Hall–Kier alpha value is -2.65. The molecule has 1 aliphatic heterocycles. The fourth-order valence-corrected chi connectivity index (χ4v) is 3.67. The fourth-order valence-electron chi connectivity index (χ4n) is 3.39. The van der Waals surface area contributed by atoms with Gasteiger partial charge in [0.1, 0.15) is 5.75 Å². The van der Waals surface area contributed by atoms with Crippen molar-refractivity contribution in [2.75, 3.05) is 18.6 Å². The first-order chi connectivity index (χ1) is 14.2. The minimum absolute atomic E-state index is 0.120. The third-order valence-electron chi connectivity index (χ3n) is 4.75. The van der Waals surface area contributed by atoms with Gasteiger partial charge in [0, 0.05) is 17.7 Å². The van der Waals surface area contributed by atoms with Gasteiger partial charge in [-0.05, 0) is 37.5 Å². The first-order valence-corrected chi connectivity index (χ1v) is 9.71. The van der Waals surface area contributed by atoms with Crippen molar-refractivity contribution < 1.29 is 27.5 Å². The number of nitrogens with one attached hydrogen (secondary N) is 1. The van der Waals surface area contributed by atoms with E-state index in [0.717, 1.165) is 19.3 Å². The lowest BCUT2D eigenvalue weighted by Crippen LogP contribution is -2.48. The maximum Gasteiger partial charge on any atom is 0.573 e. The van der Waals surface area contributed by atoms with Crippen molar-refractivity contribution in [2.24, 2.45) is 5.73 Å². The molecule has 2 aromatic rings. The molecule has 0 saturated carbocycles. The van der Waals surface area contributed by atoms with Crippen LogP contribution >= 0.6 is 11.6 Å². The minimum Gasteiger partial charge on any atom is -0.405 e. The third kappa shape index (κ3) is 5.70. The molecule has 1 fully saturated rings. The Morgan fingerprint density at radius 2 is 1.97 bits per heavy atom. The second-order valence-corrected chi connectivity index (χ2v) is 7.24. The van der Waals surface area contributed by atoms with Crippen LogP contribution in [0, 0.1) is 0 Å². The van der Waals surface area contributed by atoms with Crippen LogP contribution in [0.25, 0.3) is 11.1 Å². The molecule has 1 heterocycles. The number of hydrogen-bond donors (Lipinski definition) is 2. The number of carbonyl (C=O) groups excluding carboxylic acids is 1. The number of para-hydroxylation sites is 1. The number of urea groups is 1. The van der Waals surface area contributed by atoms with Gasteiger partial charge in [-0.3, -0.25) is 10.3 Å². The van der Waals surface area contributed by atoms with Gasteiger partial charge in [0.05, 0.1) is 23.4 Å². The topological polar surface area (TPSA) is 76.8 Å². The van der Waals surface area contributed by atoms with Crippen molar-refractivity contribution in [3.8, 4) is 16.9 Å². The number of anilines is 1. The van der Waals surface area contributed by atoms with Gasteiger partial charge < -0.3 is 15.4 Å². The number of rotatable bonds is 6. The van der Waals surface area contributed by atoms with E-state index in [1.807, 2.05) is 0 Å². The lowest BCUT2D eigenvalue weighted by Gasteiger charge is -2.34. The number of hydrogen-bond acceptors (Lipinski definition) is 4. The molecule has 0 unspecified atom stereocenters. The Bertz CT molecular complexity index is 895. The SMILES string of the molecule is NC(=O)N1CCCC[C@@H]1CONc1ccc(-c2ccccc2OC(F)(F)F)c(Cl)c1. The zero-order chi connectivity index (χ0) is 21.7. The first kappa shape index (κ1) is 22.0. The zero-order valence-electron chi connectivity index (χ0n) is 15.9. The van der Waals surface area contributed by atoms with E-state index in [-0.39, 0.29) is 29.0 Å². The van der Waals surface area contributed by atoms with Gasteiger partial charge in [-0.1, -0.05) is 35.9 Å². The summed E-state index contributed by atoms with van der Waals surface area (Å²) in [7, 11) is 0. The third-order valence-corrected chi connectivity index (χ3v) is 5.06. The fraction of sp³-hybridized carbons (Fsp3) is 0.350. The van der Waals surface area contributed by atoms with Crippen molar-refractivity contribution in [3.05, 3.63) is 47.5 Å². The van der Waals surface area contributed by atoms with Crippen LogP contribution in [0.5, 0.6) is 5.75 Å². The van der Waals surface area contributed by atoms with E-state index < -0.39 is 12.4 Å². The summed E-state index contributed by atoms with van der Waals surface area (Å²) in [5.74, 6) is -0.340. The molecule has 0 spiro atoms. The average molecular weight is 444 g/mol. The van der Waals surface area contributed by atoms with Gasteiger partial charge in [0.15, 0.2) is 0 Å². The van der Waals surface area contributed by atoms with E-state index >= 15 is 0 Å². The Morgan fingerprint density at radius 1 is 1.20 bits per heavy atom. The van der Waals surface area contributed by atoms with Crippen molar-refractivity contribution in [1.82, 2.24) is 4.90 Å². The monoisotopic (exact) mass is 443 g/mol. The molecular formula is C20H21ClF3N3O3. The van der Waals surface area contributed by atoms with E-state index in [1.165, 1.54) is 24.3 Å². The van der Waals surface area contributed by atoms with E-state index in [1.54, 1.807) is 23.1 Å². The molecule has 0 radical (unpaired) electrons. The summed E-state index contributed by atoms with van der Waals surface area (Å²) >= 11 is 6.30. The predicted molar refractivity (Wildman–Crippen MR) is 107 cm³/mol. The lowest BCUT2D eigenvalue weighted by atomic mass is 10.0. The number of nitrogens with two attached hydrogens (primary N) is 1. The summed E-state index contributed by atoms with van der Waals surface area (Å²) in [6.07, 6.45) is -2.13. The number of piperidine rings is 1. The van der Waals surface area contributed by atoms with Crippen LogP contribution in [-0.4, -0.2) is 36.5 Å². The van der Waals surface area contributed by atoms with Crippen molar-refractivity contribution in [3.63, 3.8) is 0 Å². The maximum absolute atomic E-state index is 12.7. The molecule has 3 N–H and O–H groups in total. The van der Waals surface area contributed by atoms with Gasteiger partial charge in [-0.25, -0.2) is 4.79 Å². The molecule has 10 heteroatoms. The van der Waals surface area contributed by atoms with E-state index in [4.69, 9.17) is 22.2 Å². The number of likely N-dealkylation sites (tertiary alicyclic amines) is 1. The first-order valence-electron chi connectivity index (χ1n) is 9.33. The number of primary amides is 1. The number of halogens is 4. The van der Waals surface area contributed by atoms with Crippen LogP contribution in [-0.2, 0) is 4.84 Å². The summed E-state index contributed by atoms with van der Waals surface area (Å²) in [5, 5.41) is 0.221. The smallest absolute Gasteiger partial charge is 0.405 e. The average Bonchev–Trinajstić information content (AvgIpc) is 2.68. The number of nitrogens with zero attached hydrogens (tertiary/aromatic N) is 1. The summed E-state index contributed by atoms with van der Waals surface area (Å²) in [4.78, 5) is 18.6. The molecule has 3 rings (SSSR count). The molecule has 2 aromatic carbocycles. The molecule has 0 aliphatic carbocycles. The second-order valence-electron chi connectivity index (χ2n) is 6.83. The van der Waals surface area contributed by atoms with Gasteiger partial charge in [-0.2, -0.15) is 0 Å². The van der Waals surface area contributed by atoms with Crippen molar-refractivity contribution in [2.45, 2.75) is 31.7 Å². The van der Waals surface area contributed by atoms with Gasteiger partial charge in [0.25, 0.3) is 0 Å². The molecule has 6 nitrogen and oxygen atoms in total. The van der Waals surface area contributed by atoms with Crippen LogP contribution in [0.3, 0.4) is 0 Å². The molecule has 1 atom stereocenters. The Morgan fingerprint density at radius 3 is 2.67 bits per heavy atom. The lowest BCUT2D eigenvalue weighted by molar-refractivity contribution is -0.274. The summed E-state index contributed by atoms with van der Waals surface area (Å²) in [6.45, 7) is 0.841. The number of amides is 2. The molecule has 0 bridgehead atoms. The predicted octanol–water partition coefficient (Wildman–Crippen LogP) is 5.18. The molecule has 1 saturated heterocycles. The quantitative estimate of drug-likeness (QED) is 0.603. The number of ether oxygens (including phenoxy) is 1.